The van der Waals surface area contributed by atoms with Crippen LogP contribution in [0, 0.1) is 5.92 Å². The number of nitrogens with one attached hydrogen (secondary N) is 1. The minimum atomic E-state index is 0.590. The number of pyridine rings is 1. The lowest BCUT2D eigenvalue weighted by Crippen LogP contribution is -2.44. The largest absolute Gasteiger partial charge is 0.367 e. The summed E-state index contributed by atoms with van der Waals surface area (Å²) < 4.78 is 0. The van der Waals surface area contributed by atoms with Crippen molar-refractivity contribution in [2.24, 2.45) is 5.92 Å². The second kappa shape index (κ2) is 7.32. The molecule has 0 amide bonds. The number of anilines is 1. The number of rotatable bonds is 5. The van der Waals surface area contributed by atoms with Gasteiger partial charge in [0.05, 0.1) is 5.69 Å². The molecule has 0 spiro atoms. The van der Waals surface area contributed by atoms with E-state index >= 15 is 0 Å². The molecule has 1 aromatic rings. The van der Waals surface area contributed by atoms with E-state index in [1.807, 2.05) is 6.20 Å². The molecule has 0 aromatic carbocycles. The van der Waals surface area contributed by atoms with E-state index in [9.17, 15) is 0 Å². The molecule has 2 atom stereocenters. The highest BCUT2D eigenvalue weighted by Gasteiger charge is 2.25. The maximum atomic E-state index is 4.48. The molecule has 0 aliphatic carbocycles. The quantitative estimate of drug-likeness (QED) is 0.902. The van der Waals surface area contributed by atoms with Crippen molar-refractivity contribution in [3.05, 3.63) is 24.0 Å². The minimum Gasteiger partial charge on any atom is -0.367 e. The van der Waals surface area contributed by atoms with Crippen molar-refractivity contribution < 1.29 is 0 Å². The summed E-state index contributed by atoms with van der Waals surface area (Å²) in [7, 11) is 0. The Morgan fingerprint density at radius 2 is 2.25 bits per heavy atom. The average Bonchev–Trinajstić information content (AvgIpc) is 2.42. The predicted octanol–water partition coefficient (Wildman–Crippen LogP) is 3.16. The summed E-state index contributed by atoms with van der Waals surface area (Å²) in [5.74, 6) is 1.90. The van der Waals surface area contributed by atoms with Crippen molar-refractivity contribution in [1.29, 1.82) is 0 Å². The fraction of sp³-hybridized carbons (Fsp3) is 0.688. The van der Waals surface area contributed by atoms with Crippen LogP contribution in [0.15, 0.2) is 18.3 Å². The van der Waals surface area contributed by atoms with Crippen LogP contribution in [-0.2, 0) is 6.54 Å². The third-order valence-corrected chi connectivity index (χ3v) is 5.21. The monoisotopic (exact) mass is 293 g/mol. The third-order valence-electron chi connectivity index (χ3n) is 3.87. The van der Waals surface area contributed by atoms with Gasteiger partial charge in [-0.15, -0.1) is 0 Å². The highest BCUT2D eigenvalue weighted by molar-refractivity contribution is 8.00. The van der Waals surface area contributed by atoms with Crippen LogP contribution in [0.25, 0.3) is 0 Å². The second-order valence-corrected chi connectivity index (χ2v) is 7.53. The SMILES string of the molecule is CC(C)CNCc1cc(N2CCSC(C)C2C)ccn1. The fourth-order valence-electron chi connectivity index (χ4n) is 2.53. The molecule has 4 heteroatoms. The first-order valence-corrected chi connectivity index (χ1v) is 8.66. The van der Waals surface area contributed by atoms with Gasteiger partial charge < -0.3 is 10.2 Å². The number of nitrogens with zero attached hydrogens (tertiary/aromatic N) is 2. The van der Waals surface area contributed by atoms with Gasteiger partial charge in [-0.3, -0.25) is 4.98 Å². The van der Waals surface area contributed by atoms with Crippen molar-refractivity contribution in [3.8, 4) is 0 Å². The Balaban J connectivity index is 2.01. The summed E-state index contributed by atoms with van der Waals surface area (Å²) >= 11 is 2.08. The normalized spacial score (nSPS) is 23.4. The first-order valence-electron chi connectivity index (χ1n) is 7.62. The van der Waals surface area contributed by atoms with Crippen molar-refractivity contribution in [2.45, 2.75) is 45.5 Å². The van der Waals surface area contributed by atoms with E-state index in [-0.39, 0.29) is 0 Å². The molecule has 1 aromatic heterocycles. The average molecular weight is 293 g/mol. The lowest BCUT2D eigenvalue weighted by molar-refractivity contribution is 0.548. The van der Waals surface area contributed by atoms with Crippen LogP contribution >= 0.6 is 11.8 Å². The zero-order valence-corrected chi connectivity index (χ0v) is 13.9. The topological polar surface area (TPSA) is 28.2 Å². The van der Waals surface area contributed by atoms with Gasteiger partial charge in [0.2, 0.25) is 0 Å². The predicted molar refractivity (Wildman–Crippen MR) is 89.5 cm³/mol. The van der Waals surface area contributed by atoms with E-state index in [1.165, 1.54) is 11.4 Å². The van der Waals surface area contributed by atoms with Crippen LogP contribution in [0.2, 0.25) is 0 Å². The van der Waals surface area contributed by atoms with Crippen LogP contribution in [-0.4, -0.2) is 35.1 Å². The van der Waals surface area contributed by atoms with E-state index in [1.54, 1.807) is 0 Å². The van der Waals surface area contributed by atoms with E-state index in [4.69, 9.17) is 0 Å². The van der Waals surface area contributed by atoms with Crippen molar-refractivity contribution >= 4 is 17.4 Å². The molecule has 20 heavy (non-hydrogen) atoms. The summed E-state index contributed by atoms with van der Waals surface area (Å²) in [6.45, 7) is 12.1. The zero-order chi connectivity index (χ0) is 14.5. The Bertz CT molecular complexity index is 422. The Morgan fingerprint density at radius 3 is 3.00 bits per heavy atom. The molecule has 0 bridgehead atoms. The highest BCUT2D eigenvalue weighted by atomic mass is 32.2. The Hall–Kier alpha value is -0.740. The van der Waals surface area contributed by atoms with Crippen LogP contribution in [0.1, 0.15) is 33.4 Å². The van der Waals surface area contributed by atoms with Crippen molar-refractivity contribution in [1.82, 2.24) is 10.3 Å². The standard InChI is InChI=1S/C16H27N3S/c1-12(2)10-17-11-15-9-16(5-6-18-15)19-7-8-20-14(4)13(19)3/h5-6,9,12-14,17H,7-8,10-11H2,1-4H3. The molecular weight excluding hydrogens is 266 g/mol. The number of hydrogen-bond donors (Lipinski definition) is 1. The van der Waals surface area contributed by atoms with Gasteiger partial charge >= 0.3 is 0 Å². The van der Waals surface area contributed by atoms with Gasteiger partial charge in [-0.25, -0.2) is 0 Å². The van der Waals surface area contributed by atoms with Gasteiger partial charge in [0, 0.05) is 42.0 Å². The molecule has 1 aliphatic heterocycles. The number of thioether (sulfide) groups is 1. The Labute approximate surface area is 127 Å². The van der Waals surface area contributed by atoms with E-state index < -0.39 is 0 Å². The summed E-state index contributed by atoms with van der Waals surface area (Å²) in [4.78, 5) is 7.00. The Kier molecular flexibility index (Phi) is 5.73. The first kappa shape index (κ1) is 15.6. The molecule has 0 saturated carbocycles. The summed E-state index contributed by atoms with van der Waals surface area (Å²) in [5, 5.41) is 4.16. The molecule has 1 fully saturated rings. The molecule has 3 nitrogen and oxygen atoms in total. The van der Waals surface area contributed by atoms with Gasteiger partial charge in [-0.05, 0) is 31.5 Å². The lowest BCUT2D eigenvalue weighted by Gasteiger charge is -2.39. The summed E-state index contributed by atoms with van der Waals surface area (Å²) in [5.41, 5.74) is 2.46. The summed E-state index contributed by atoms with van der Waals surface area (Å²) in [6.07, 6.45) is 1.95. The molecule has 1 N–H and O–H groups in total. The summed E-state index contributed by atoms with van der Waals surface area (Å²) in [6, 6.07) is 4.98. The molecule has 112 valence electrons. The van der Waals surface area contributed by atoms with Gasteiger partial charge in [0.25, 0.3) is 0 Å². The zero-order valence-electron chi connectivity index (χ0n) is 13.1. The van der Waals surface area contributed by atoms with Crippen LogP contribution < -0.4 is 10.2 Å². The van der Waals surface area contributed by atoms with Gasteiger partial charge in [-0.2, -0.15) is 11.8 Å². The lowest BCUT2D eigenvalue weighted by atomic mass is 10.1. The molecule has 2 heterocycles. The van der Waals surface area contributed by atoms with Crippen molar-refractivity contribution in [3.63, 3.8) is 0 Å². The second-order valence-electron chi connectivity index (χ2n) is 6.04. The van der Waals surface area contributed by atoms with Gasteiger partial charge in [-0.1, -0.05) is 20.8 Å². The molecule has 1 saturated heterocycles. The molecule has 0 radical (unpaired) electrons. The number of aromatic nitrogens is 1. The maximum Gasteiger partial charge on any atom is 0.0562 e. The van der Waals surface area contributed by atoms with E-state index in [0.29, 0.717) is 17.2 Å². The fourth-order valence-corrected chi connectivity index (χ4v) is 3.63. The van der Waals surface area contributed by atoms with Gasteiger partial charge in [0.1, 0.15) is 0 Å². The van der Waals surface area contributed by atoms with Gasteiger partial charge in [0.15, 0.2) is 0 Å². The van der Waals surface area contributed by atoms with Crippen LogP contribution in [0.5, 0.6) is 0 Å². The minimum absolute atomic E-state index is 0.590. The van der Waals surface area contributed by atoms with Crippen LogP contribution in [0.3, 0.4) is 0 Å². The molecular formula is C16H27N3S. The van der Waals surface area contributed by atoms with Crippen LogP contribution in [0.4, 0.5) is 5.69 Å². The molecule has 1 aliphatic rings. The third kappa shape index (κ3) is 4.13. The first-order chi connectivity index (χ1) is 9.58. The van der Waals surface area contributed by atoms with Crippen molar-refractivity contribution in [2.75, 3.05) is 23.7 Å². The molecule has 2 unspecified atom stereocenters. The Morgan fingerprint density at radius 1 is 1.45 bits per heavy atom. The smallest absolute Gasteiger partial charge is 0.0562 e. The highest BCUT2D eigenvalue weighted by Crippen LogP contribution is 2.28. The van der Waals surface area contributed by atoms with E-state index in [0.717, 1.165) is 25.3 Å². The van der Waals surface area contributed by atoms with E-state index in [2.05, 4.69) is 66.8 Å². The molecule has 2 rings (SSSR count). The number of hydrogen-bond acceptors (Lipinski definition) is 4. The maximum absolute atomic E-state index is 4.48.